The summed E-state index contributed by atoms with van der Waals surface area (Å²) < 4.78 is 25.9. The van der Waals surface area contributed by atoms with Crippen molar-refractivity contribution in [1.29, 1.82) is 0 Å². The molecule has 1 aromatic carbocycles. The second-order valence-corrected chi connectivity index (χ2v) is 6.23. The lowest BCUT2D eigenvalue weighted by Crippen LogP contribution is -2.17. The van der Waals surface area contributed by atoms with Gasteiger partial charge in [-0.05, 0) is 18.1 Å². The lowest BCUT2D eigenvalue weighted by Gasteiger charge is -2.09. The molecule has 3 atom stereocenters. The van der Waals surface area contributed by atoms with E-state index < -0.39 is 10.0 Å². The lowest BCUT2D eigenvalue weighted by atomic mass is 10.1. The van der Waals surface area contributed by atoms with Crippen LogP contribution in [0.25, 0.3) is 0 Å². The predicted octanol–water partition coefficient (Wildman–Crippen LogP) is 2.11. The van der Waals surface area contributed by atoms with E-state index in [4.69, 9.17) is 0 Å². The van der Waals surface area contributed by atoms with Crippen molar-refractivity contribution in [2.45, 2.75) is 31.2 Å². The first-order chi connectivity index (χ1) is 7.57. The highest BCUT2D eigenvalue weighted by Gasteiger charge is 2.46. The Kier molecular flexibility index (Phi) is 3.04. The van der Waals surface area contributed by atoms with Gasteiger partial charge < -0.3 is 0 Å². The zero-order chi connectivity index (χ0) is 11.8. The summed E-state index contributed by atoms with van der Waals surface area (Å²) in [6.45, 7) is 4.87. The molecule has 1 heterocycles. The fourth-order valence-electron chi connectivity index (χ4n) is 1.88. The van der Waals surface area contributed by atoms with Gasteiger partial charge in [0.15, 0.2) is 0 Å². The minimum Gasteiger partial charge on any atom is -0.207 e. The molecular weight excluding hydrogens is 222 g/mol. The third-order valence-electron chi connectivity index (χ3n) is 3.25. The Labute approximate surface area is 97.1 Å². The molecule has 88 valence electrons. The monoisotopic (exact) mass is 239 g/mol. The normalized spacial score (nSPS) is 26.4. The van der Waals surface area contributed by atoms with Crippen molar-refractivity contribution >= 4 is 10.0 Å². The molecular formula is C12H17NO2S. The van der Waals surface area contributed by atoms with Crippen LogP contribution in [0.15, 0.2) is 35.2 Å². The standard InChI is InChI=1S/C12H17NO2S/c1-3-10(2)12-9-13(12)16(14,15)11-7-5-4-6-8-11/h4-8,10,12H,3,9H2,1-2H3/t10?,12-,13?/m1/s1. The quantitative estimate of drug-likeness (QED) is 0.755. The van der Waals surface area contributed by atoms with E-state index in [0.29, 0.717) is 17.4 Å². The van der Waals surface area contributed by atoms with E-state index in [9.17, 15) is 8.42 Å². The zero-order valence-electron chi connectivity index (χ0n) is 9.63. The van der Waals surface area contributed by atoms with Crippen molar-refractivity contribution in [1.82, 2.24) is 4.31 Å². The molecule has 16 heavy (non-hydrogen) atoms. The smallest absolute Gasteiger partial charge is 0.207 e. The van der Waals surface area contributed by atoms with Crippen LogP contribution in [0.4, 0.5) is 0 Å². The minimum atomic E-state index is -3.24. The number of hydrogen-bond donors (Lipinski definition) is 0. The summed E-state index contributed by atoms with van der Waals surface area (Å²) >= 11 is 0. The Morgan fingerprint density at radius 2 is 2.00 bits per heavy atom. The summed E-state index contributed by atoms with van der Waals surface area (Å²) in [6.07, 6.45) is 1.02. The van der Waals surface area contributed by atoms with Gasteiger partial charge in [0.25, 0.3) is 0 Å². The Morgan fingerprint density at radius 3 is 2.56 bits per heavy atom. The van der Waals surface area contributed by atoms with Crippen molar-refractivity contribution in [2.75, 3.05) is 6.54 Å². The van der Waals surface area contributed by atoms with E-state index in [2.05, 4.69) is 13.8 Å². The van der Waals surface area contributed by atoms with Gasteiger partial charge >= 0.3 is 0 Å². The molecule has 0 bridgehead atoms. The lowest BCUT2D eigenvalue weighted by molar-refractivity contribution is 0.485. The van der Waals surface area contributed by atoms with Crippen LogP contribution < -0.4 is 0 Å². The first-order valence-corrected chi connectivity index (χ1v) is 7.08. The predicted molar refractivity (Wildman–Crippen MR) is 63.6 cm³/mol. The Bertz CT molecular complexity index is 455. The van der Waals surface area contributed by atoms with Gasteiger partial charge in [-0.3, -0.25) is 0 Å². The van der Waals surface area contributed by atoms with Crippen LogP contribution in [-0.2, 0) is 10.0 Å². The van der Waals surface area contributed by atoms with Crippen LogP contribution >= 0.6 is 0 Å². The topological polar surface area (TPSA) is 37.1 Å². The molecule has 0 aromatic heterocycles. The first kappa shape index (κ1) is 11.6. The van der Waals surface area contributed by atoms with Crippen molar-refractivity contribution in [2.24, 2.45) is 5.92 Å². The van der Waals surface area contributed by atoms with Crippen LogP contribution in [0.5, 0.6) is 0 Å². The summed E-state index contributed by atoms with van der Waals surface area (Å²) in [6, 6.07) is 8.86. The molecule has 2 rings (SSSR count). The second kappa shape index (κ2) is 4.18. The maximum Gasteiger partial charge on any atom is 0.243 e. The first-order valence-electron chi connectivity index (χ1n) is 5.64. The third kappa shape index (κ3) is 1.99. The second-order valence-electron chi connectivity index (χ2n) is 4.34. The highest BCUT2D eigenvalue weighted by molar-refractivity contribution is 7.89. The molecule has 0 spiro atoms. The molecule has 1 saturated heterocycles. The van der Waals surface area contributed by atoms with E-state index in [1.807, 2.05) is 6.07 Å². The van der Waals surface area contributed by atoms with Crippen molar-refractivity contribution in [3.8, 4) is 0 Å². The number of benzene rings is 1. The van der Waals surface area contributed by atoms with Gasteiger partial charge in [-0.25, -0.2) is 8.42 Å². The van der Waals surface area contributed by atoms with Gasteiger partial charge in [-0.1, -0.05) is 38.5 Å². The molecule has 1 fully saturated rings. The summed E-state index contributed by atoms with van der Waals surface area (Å²) in [5, 5.41) is 0. The molecule has 0 saturated carbocycles. The fourth-order valence-corrected chi connectivity index (χ4v) is 3.56. The molecule has 1 aliphatic rings. The molecule has 2 unspecified atom stereocenters. The molecule has 1 aliphatic heterocycles. The maximum atomic E-state index is 12.2. The SMILES string of the molecule is CCC(C)[C@H]1CN1S(=O)(=O)c1ccccc1. The third-order valence-corrected chi connectivity index (χ3v) is 5.16. The largest absolute Gasteiger partial charge is 0.243 e. The molecule has 4 heteroatoms. The van der Waals surface area contributed by atoms with E-state index in [1.54, 1.807) is 28.6 Å². The van der Waals surface area contributed by atoms with Gasteiger partial charge in [0.05, 0.1) is 4.90 Å². The Hall–Kier alpha value is -0.870. The molecule has 0 amide bonds. The maximum absolute atomic E-state index is 12.2. The Balaban J connectivity index is 2.18. The Morgan fingerprint density at radius 1 is 1.38 bits per heavy atom. The van der Waals surface area contributed by atoms with E-state index in [-0.39, 0.29) is 6.04 Å². The van der Waals surface area contributed by atoms with Crippen LogP contribution in [0.3, 0.4) is 0 Å². The van der Waals surface area contributed by atoms with Gasteiger partial charge in [0, 0.05) is 12.6 Å². The van der Waals surface area contributed by atoms with Gasteiger partial charge in [0.2, 0.25) is 10.0 Å². The summed E-state index contributed by atoms with van der Waals surface area (Å²) in [5.41, 5.74) is 0. The molecule has 1 aromatic rings. The van der Waals surface area contributed by atoms with Crippen LogP contribution in [0.1, 0.15) is 20.3 Å². The van der Waals surface area contributed by atoms with E-state index in [1.165, 1.54) is 0 Å². The average molecular weight is 239 g/mol. The molecule has 0 radical (unpaired) electrons. The van der Waals surface area contributed by atoms with Crippen molar-refractivity contribution < 1.29 is 8.42 Å². The molecule has 3 nitrogen and oxygen atoms in total. The highest BCUT2D eigenvalue weighted by atomic mass is 32.2. The number of rotatable bonds is 4. The summed E-state index contributed by atoms with van der Waals surface area (Å²) in [4.78, 5) is 0.404. The van der Waals surface area contributed by atoms with Crippen LogP contribution in [0, 0.1) is 5.92 Å². The summed E-state index contributed by atoms with van der Waals surface area (Å²) in [5.74, 6) is 0.443. The average Bonchev–Trinajstić information content (AvgIpc) is 3.10. The van der Waals surface area contributed by atoms with Gasteiger partial charge in [-0.15, -0.1) is 0 Å². The molecule has 0 N–H and O–H groups in total. The number of nitrogens with zero attached hydrogens (tertiary/aromatic N) is 1. The number of sulfonamides is 1. The van der Waals surface area contributed by atoms with Crippen molar-refractivity contribution in [3.63, 3.8) is 0 Å². The molecule has 0 aliphatic carbocycles. The van der Waals surface area contributed by atoms with Gasteiger partial charge in [0.1, 0.15) is 0 Å². The van der Waals surface area contributed by atoms with E-state index >= 15 is 0 Å². The van der Waals surface area contributed by atoms with E-state index in [0.717, 1.165) is 6.42 Å². The fraction of sp³-hybridized carbons (Fsp3) is 0.500. The number of hydrogen-bond acceptors (Lipinski definition) is 2. The zero-order valence-corrected chi connectivity index (χ0v) is 10.4. The van der Waals surface area contributed by atoms with Crippen molar-refractivity contribution in [3.05, 3.63) is 30.3 Å². The van der Waals surface area contributed by atoms with Crippen LogP contribution in [0.2, 0.25) is 0 Å². The van der Waals surface area contributed by atoms with Gasteiger partial charge in [-0.2, -0.15) is 4.31 Å². The highest BCUT2D eigenvalue weighted by Crippen LogP contribution is 2.33. The van der Waals surface area contributed by atoms with Crippen LogP contribution in [-0.4, -0.2) is 25.3 Å². The summed E-state index contributed by atoms with van der Waals surface area (Å²) in [7, 11) is -3.24. The minimum absolute atomic E-state index is 0.204.